The molecule has 1 atom stereocenters. The molecule has 1 unspecified atom stereocenters. The molecule has 0 aliphatic carbocycles. The van der Waals surface area contributed by atoms with E-state index in [2.05, 4.69) is 29.0 Å². The highest BCUT2D eigenvalue weighted by atomic mass is 16.6. The Morgan fingerprint density at radius 2 is 2.00 bits per heavy atom. The molecule has 0 saturated carbocycles. The quantitative estimate of drug-likeness (QED) is 0.792. The Bertz CT molecular complexity index is 605. The molecule has 1 aliphatic heterocycles. The lowest BCUT2D eigenvalue weighted by molar-refractivity contribution is 0.0604. The van der Waals surface area contributed by atoms with Crippen molar-refractivity contribution in [3.05, 3.63) is 29.8 Å². The fourth-order valence-electron chi connectivity index (χ4n) is 3.40. The van der Waals surface area contributed by atoms with Gasteiger partial charge in [0.2, 0.25) is 0 Å². The summed E-state index contributed by atoms with van der Waals surface area (Å²) in [5.41, 5.74) is 0.220. The molecular formula is C21H34N3O3. The second-order valence-electron chi connectivity index (χ2n) is 8.73. The Balaban J connectivity index is 1.86. The van der Waals surface area contributed by atoms with E-state index in [9.17, 15) is 9.90 Å². The SMILES string of the molecule is C[C](C)CN1CCC(C(O)Cc2cccc(NC(=O)OC(C)(C)C)n2)CC1. The van der Waals surface area contributed by atoms with E-state index >= 15 is 0 Å². The molecule has 6 nitrogen and oxygen atoms in total. The van der Waals surface area contributed by atoms with Gasteiger partial charge in [0, 0.05) is 18.7 Å². The molecule has 0 bridgehead atoms. The van der Waals surface area contributed by atoms with Crippen LogP contribution in [0.15, 0.2) is 18.2 Å². The van der Waals surface area contributed by atoms with Crippen LogP contribution in [-0.2, 0) is 11.2 Å². The van der Waals surface area contributed by atoms with Gasteiger partial charge in [0.1, 0.15) is 11.4 Å². The standard InChI is InChI=1S/C21H34N3O3/c1-15(2)14-24-11-9-16(10-12-24)18(25)13-17-7-6-8-19(22-17)23-20(26)27-21(3,4)5/h6-8,16,18,25H,9-14H2,1-5H3,(H,22,23,26). The highest BCUT2D eigenvalue weighted by molar-refractivity contribution is 5.83. The third-order valence-corrected chi connectivity index (χ3v) is 4.57. The van der Waals surface area contributed by atoms with Crippen LogP contribution < -0.4 is 5.32 Å². The van der Waals surface area contributed by atoms with E-state index in [1.165, 1.54) is 5.92 Å². The number of nitrogens with one attached hydrogen (secondary N) is 1. The molecule has 27 heavy (non-hydrogen) atoms. The number of anilines is 1. The van der Waals surface area contributed by atoms with Crippen molar-refractivity contribution in [2.75, 3.05) is 25.0 Å². The normalized spacial score (nSPS) is 17.7. The van der Waals surface area contributed by atoms with Gasteiger partial charge in [-0.1, -0.05) is 19.9 Å². The Morgan fingerprint density at radius 1 is 1.33 bits per heavy atom. The number of hydrogen-bond donors (Lipinski definition) is 2. The van der Waals surface area contributed by atoms with E-state index in [4.69, 9.17) is 4.74 Å². The maximum atomic E-state index is 11.9. The first-order chi connectivity index (χ1) is 12.6. The molecule has 6 heteroatoms. The average Bonchev–Trinajstić information content (AvgIpc) is 2.53. The van der Waals surface area contributed by atoms with Gasteiger partial charge in [0.25, 0.3) is 0 Å². The number of piperidine rings is 1. The number of aliphatic hydroxyl groups is 1. The Morgan fingerprint density at radius 3 is 2.59 bits per heavy atom. The molecule has 0 spiro atoms. The molecule has 1 amide bonds. The van der Waals surface area contributed by atoms with Crippen LogP contribution in [0.2, 0.25) is 0 Å². The Labute approximate surface area is 163 Å². The number of aromatic nitrogens is 1. The van der Waals surface area contributed by atoms with Crippen LogP contribution in [0.1, 0.15) is 53.2 Å². The van der Waals surface area contributed by atoms with Crippen molar-refractivity contribution in [1.82, 2.24) is 9.88 Å². The summed E-state index contributed by atoms with van der Waals surface area (Å²) in [5, 5.41) is 13.3. The topological polar surface area (TPSA) is 74.7 Å². The van der Waals surface area contributed by atoms with Crippen molar-refractivity contribution in [3.63, 3.8) is 0 Å². The van der Waals surface area contributed by atoms with Gasteiger partial charge in [0.15, 0.2) is 0 Å². The van der Waals surface area contributed by atoms with Gasteiger partial charge in [-0.15, -0.1) is 0 Å². The van der Waals surface area contributed by atoms with Crippen molar-refractivity contribution in [3.8, 4) is 0 Å². The van der Waals surface area contributed by atoms with Gasteiger partial charge in [0.05, 0.1) is 6.10 Å². The molecule has 151 valence electrons. The summed E-state index contributed by atoms with van der Waals surface area (Å²) in [5.74, 6) is 2.16. The zero-order valence-corrected chi connectivity index (χ0v) is 17.3. The van der Waals surface area contributed by atoms with Crippen molar-refractivity contribution in [1.29, 1.82) is 0 Å². The number of nitrogens with zero attached hydrogens (tertiary/aromatic N) is 2. The second kappa shape index (κ2) is 9.51. The number of amides is 1. The van der Waals surface area contributed by atoms with E-state index in [0.717, 1.165) is 38.2 Å². The average molecular weight is 377 g/mol. The monoisotopic (exact) mass is 376 g/mol. The van der Waals surface area contributed by atoms with E-state index < -0.39 is 17.8 Å². The highest BCUT2D eigenvalue weighted by Crippen LogP contribution is 2.24. The first kappa shape index (κ1) is 21.6. The zero-order valence-electron chi connectivity index (χ0n) is 17.3. The lowest BCUT2D eigenvalue weighted by atomic mass is 9.88. The maximum absolute atomic E-state index is 11.9. The summed E-state index contributed by atoms with van der Waals surface area (Å²) in [7, 11) is 0. The van der Waals surface area contributed by atoms with Crippen LogP contribution >= 0.6 is 0 Å². The van der Waals surface area contributed by atoms with Gasteiger partial charge in [-0.25, -0.2) is 9.78 Å². The Hall–Kier alpha value is -1.66. The van der Waals surface area contributed by atoms with Crippen LogP contribution in [-0.4, -0.2) is 52.4 Å². The zero-order chi connectivity index (χ0) is 20.0. The number of pyridine rings is 1. The molecule has 1 fully saturated rings. The highest BCUT2D eigenvalue weighted by Gasteiger charge is 2.26. The van der Waals surface area contributed by atoms with E-state index in [-0.39, 0.29) is 0 Å². The van der Waals surface area contributed by atoms with Gasteiger partial charge in [-0.3, -0.25) is 5.32 Å². The minimum absolute atomic E-state index is 0.294. The predicted molar refractivity (Wildman–Crippen MR) is 108 cm³/mol. The minimum Gasteiger partial charge on any atom is -0.444 e. The number of likely N-dealkylation sites (tertiary alicyclic amines) is 1. The smallest absolute Gasteiger partial charge is 0.413 e. The molecule has 1 aliphatic rings. The summed E-state index contributed by atoms with van der Waals surface area (Å²) in [6, 6.07) is 5.44. The Kier molecular flexibility index (Phi) is 7.62. The van der Waals surface area contributed by atoms with Crippen molar-refractivity contribution in [2.45, 2.75) is 65.6 Å². The number of carbonyl (C=O) groups excluding carboxylic acids is 1. The largest absolute Gasteiger partial charge is 0.444 e. The minimum atomic E-state index is -0.555. The van der Waals surface area contributed by atoms with Crippen molar-refractivity contribution >= 4 is 11.9 Å². The number of carbonyl (C=O) groups is 1. The van der Waals surface area contributed by atoms with Gasteiger partial charge in [-0.2, -0.15) is 0 Å². The molecule has 1 aromatic rings. The number of aliphatic hydroxyl groups excluding tert-OH is 1. The summed E-state index contributed by atoms with van der Waals surface area (Å²) < 4.78 is 5.25. The van der Waals surface area contributed by atoms with Crippen molar-refractivity contribution < 1.29 is 14.6 Å². The third-order valence-electron chi connectivity index (χ3n) is 4.57. The fourth-order valence-corrected chi connectivity index (χ4v) is 3.40. The van der Waals surface area contributed by atoms with Crippen LogP contribution in [0, 0.1) is 11.8 Å². The van der Waals surface area contributed by atoms with E-state index in [1.54, 1.807) is 6.07 Å². The molecule has 1 saturated heterocycles. The summed E-state index contributed by atoms with van der Waals surface area (Å²) >= 11 is 0. The lowest BCUT2D eigenvalue weighted by Crippen LogP contribution is -2.39. The van der Waals surface area contributed by atoms with Gasteiger partial charge in [-0.05, 0) is 70.7 Å². The molecule has 0 aromatic carbocycles. The van der Waals surface area contributed by atoms with Gasteiger partial charge >= 0.3 is 6.09 Å². The third kappa shape index (κ3) is 7.85. The number of hydrogen-bond acceptors (Lipinski definition) is 5. The van der Waals surface area contributed by atoms with Crippen LogP contribution in [0.25, 0.3) is 0 Å². The first-order valence-electron chi connectivity index (χ1n) is 9.78. The fraction of sp³-hybridized carbons (Fsp3) is 0.667. The predicted octanol–water partition coefficient (Wildman–Crippen LogP) is 3.66. The van der Waals surface area contributed by atoms with Crippen molar-refractivity contribution in [2.24, 2.45) is 5.92 Å². The van der Waals surface area contributed by atoms with Crippen LogP contribution in [0.3, 0.4) is 0 Å². The molecular weight excluding hydrogens is 342 g/mol. The maximum Gasteiger partial charge on any atom is 0.413 e. The molecule has 1 radical (unpaired) electrons. The molecule has 1 aromatic heterocycles. The lowest BCUT2D eigenvalue weighted by Gasteiger charge is -2.34. The summed E-state index contributed by atoms with van der Waals surface area (Å²) in [4.78, 5) is 18.8. The molecule has 2 heterocycles. The first-order valence-corrected chi connectivity index (χ1v) is 9.78. The van der Waals surface area contributed by atoms with Gasteiger partial charge < -0.3 is 14.7 Å². The molecule has 2 N–H and O–H groups in total. The molecule has 2 rings (SSSR count). The summed E-state index contributed by atoms with van der Waals surface area (Å²) in [6.45, 7) is 12.9. The van der Waals surface area contributed by atoms with Crippen LogP contribution in [0.5, 0.6) is 0 Å². The number of rotatable bonds is 6. The number of ether oxygens (including phenoxy) is 1. The second-order valence-corrected chi connectivity index (χ2v) is 8.73. The van der Waals surface area contributed by atoms with E-state index in [1.807, 2.05) is 32.9 Å². The van der Waals surface area contributed by atoms with Crippen LogP contribution in [0.4, 0.5) is 10.6 Å². The van der Waals surface area contributed by atoms with E-state index in [0.29, 0.717) is 18.2 Å². The summed E-state index contributed by atoms with van der Waals surface area (Å²) in [6.07, 6.45) is 1.56.